The lowest BCUT2D eigenvalue weighted by Gasteiger charge is -2.11. The van der Waals surface area contributed by atoms with Crippen molar-refractivity contribution in [2.45, 2.75) is 10.3 Å². The number of carbonyl (C=O) groups is 1. The van der Waals surface area contributed by atoms with Crippen LogP contribution >= 0.6 is 11.6 Å². The van der Waals surface area contributed by atoms with E-state index in [0.29, 0.717) is 0 Å². The highest BCUT2D eigenvalue weighted by molar-refractivity contribution is 7.86. The van der Waals surface area contributed by atoms with Gasteiger partial charge in [-0.1, -0.05) is 12.1 Å². The number of nitrogens with zero attached hydrogens (tertiary/aromatic N) is 3. The quantitative estimate of drug-likeness (QED) is 0.315. The average molecular weight is 488 g/mol. The van der Waals surface area contributed by atoms with Crippen molar-refractivity contribution in [2.24, 2.45) is 0 Å². The van der Waals surface area contributed by atoms with E-state index >= 15 is 0 Å². The van der Waals surface area contributed by atoms with Crippen LogP contribution < -0.4 is 19.7 Å². The number of hydrogen-bond donors (Lipinski definition) is 2. The number of aromatic nitrogens is 3. The van der Waals surface area contributed by atoms with E-state index in [1.807, 2.05) is 5.32 Å². The van der Waals surface area contributed by atoms with Crippen molar-refractivity contribution in [3.05, 3.63) is 30.1 Å². The summed E-state index contributed by atoms with van der Waals surface area (Å²) in [5.41, 5.74) is 1.70. The molecular formula is C13H12ClF2N5O7S2. The molecule has 2 rings (SSSR count). The highest BCUT2D eigenvalue weighted by atomic mass is 35.5. The number of halogens is 3. The molecule has 0 radical (unpaired) electrons. The summed E-state index contributed by atoms with van der Waals surface area (Å²) in [6.07, 6.45) is 0.779. The molecule has 0 saturated carbocycles. The van der Waals surface area contributed by atoms with Crippen LogP contribution in [0.2, 0.25) is 0 Å². The van der Waals surface area contributed by atoms with Crippen LogP contribution in [0.5, 0.6) is 11.8 Å². The molecule has 1 atom stereocenters. The van der Waals surface area contributed by atoms with Crippen molar-refractivity contribution in [3.63, 3.8) is 0 Å². The maximum atomic E-state index is 13.2. The molecule has 2 N–H and O–H groups in total. The van der Waals surface area contributed by atoms with Crippen molar-refractivity contribution in [1.29, 1.82) is 0 Å². The zero-order valence-corrected chi connectivity index (χ0v) is 17.3. The maximum absolute atomic E-state index is 13.2. The van der Waals surface area contributed by atoms with Gasteiger partial charge in [-0.3, -0.25) is 5.32 Å². The van der Waals surface area contributed by atoms with Gasteiger partial charge in [0.1, 0.15) is 4.90 Å². The van der Waals surface area contributed by atoms with Crippen LogP contribution in [-0.4, -0.2) is 47.0 Å². The largest absolute Gasteiger partial charge is 0.467 e. The zero-order chi connectivity index (χ0) is 22.5. The van der Waals surface area contributed by atoms with Crippen molar-refractivity contribution < 1.29 is 39.4 Å². The predicted octanol–water partition coefficient (Wildman–Crippen LogP) is 1.28. The minimum Gasteiger partial charge on any atom is -0.467 e. The highest BCUT2D eigenvalue weighted by Gasteiger charge is 2.33. The van der Waals surface area contributed by atoms with E-state index in [2.05, 4.69) is 28.2 Å². The smallest absolute Gasteiger partial charge is 0.382 e. The fourth-order valence-corrected chi connectivity index (χ4v) is 3.01. The number of alkyl halides is 3. The Hall–Kier alpha value is -2.69. The van der Waals surface area contributed by atoms with E-state index in [9.17, 15) is 26.2 Å². The first-order chi connectivity index (χ1) is 13.9. The lowest BCUT2D eigenvalue weighted by Crippen LogP contribution is -2.31. The lowest BCUT2D eigenvalue weighted by atomic mass is 10.3. The van der Waals surface area contributed by atoms with Crippen molar-refractivity contribution >= 4 is 44.8 Å². The molecule has 0 spiro atoms. The second-order valence-corrected chi connectivity index (χ2v) is 8.20. The summed E-state index contributed by atoms with van der Waals surface area (Å²) in [4.78, 5) is 21.7. The maximum Gasteiger partial charge on any atom is 0.382 e. The molecule has 1 unspecified atom stereocenters. The fraction of sp³-hybridized carbons (Fsp3) is 0.231. The SMILES string of the molecule is COc1nc(NC(=O)NOS(=O)c2ccccc2OS(C)(=O)=O)nc(C(F)(F)Cl)n1. The first kappa shape index (κ1) is 23.6. The molecule has 164 valence electrons. The molecule has 1 aromatic heterocycles. The number of hydroxylamine groups is 1. The average Bonchev–Trinajstić information content (AvgIpc) is 2.64. The monoisotopic (exact) mass is 487 g/mol. The Bertz CT molecular complexity index is 1070. The number of nitrogens with one attached hydrogen (secondary N) is 2. The van der Waals surface area contributed by atoms with Crippen molar-refractivity contribution in [3.8, 4) is 11.8 Å². The molecule has 2 aromatic rings. The Balaban J connectivity index is 2.08. The van der Waals surface area contributed by atoms with E-state index in [1.54, 1.807) is 5.48 Å². The van der Waals surface area contributed by atoms with Gasteiger partial charge in [-0.2, -0.15) is 36.4 Å². The lowest BCUT2D eigenvalue weighted by molar-refractivity contribution is 0.0832. The number of para-hydroxylation sites is 1. The van der Waals surface area contributed by atoms with E-state index in [1.165, 1.54) is 24.3 Å². The molecule has 0 aliphatic heterocycles. The number of anilines is 1. The second kappa shape index (κ2) is 9.41. The number of rotatable bonds is 8. The van der Waals surface area contributed by atoms with Crippen LogP contribution in [0.1, 0.15) is 5.82 Å². The van der Waals surface area contributed by atoms with Crippen LogP contribution in [0.4, 0.5) is 19.5 Å². The van der Waals surface area contributed by atoms with Gasteiger partial charge >= 0.3 is 27.5 Å². The molecule has 0 aliphatic carbocycles. The summed E-state index contributed by atoms with van der Waals surface area (Å²) in [7, 11) is -2.84. The molecule has 1 heterocycles. The summed E-state index contributed by atoms with van der Waals surface area (Å²) >= 11 is 2.42. The Morgan fingerprint density at radius 1 is 1.23 bits per heavy atom. The predicted molar refractivity (Wildman–Crippen MR) is 97.7 cm³/mol. The molecular weight excluding hydrogens is 476 g/mol. The number of ether oxygens (including phenoxy) is 1. The summed E-state index contributed by atoms with van der Waals surface area (Å²) in [6.45, 7) is 0. The van der Waals surface area contributed by atoms with Gasteiger partial charge in [0.2, 0.25) is 22.9 Å². The second-order valence-electron chi connectivity index (χ2n) is 5.08. The van der Waals surface area contributed by atoms with E-state index in [4.69, 9.17) is 11.6 Å². The fourth-order valence-electron chi connectivity index (χ4n) is 1.70. The number of amides is 2. The molecule has 0 aliphatic rings. The molecule has 0 saturated heterocycles. The van der Waals surface area contributed by atoms with E-state index < -0.39 is 50.4 Å². The highest BCUT2D eigenvalue weighted by Crippen LogP contribution is 2.30. The van der Waals surface area contributed by atoms with Gasteiger partial charge in [-0.25, -0.2) is 14.5 Å². The van der Waals surface area contributed by atoms with Crippen LogP contribution in [0.3, 0.4) is 0 Å². The third-order valence-corrected chi connectivity index (χ3v) is 4.34. The normalized spacial score (nSPS) is 12.7. The Labute approximate surface area is 175 Å². The molecule has 12 nitrogen and oxygen atoms in total. The Morgan fingerprint density at radius 3 is 2.50 bits per heavy atom. The van der Waals surface area contributed by atoms with E-state index in [0.717, 1.165) is 13.4 Å². The molecule has 0 bridgehead atoms. The summed E-state index contributed by atoms with van der Waals surface area (Å²) < 4.78 is 75.0. The number of methoxy groups -OCH3 is 1. The molecule has 0 fully saturated rings. The molecule has 30 heavy (non-hydrogen) atoms. The topological polar surface area (TPSA) is 159 Å². The van der Waals surface area contributed by atoms with Crippen molar-refractivity contribution in [1.82, 2.24) is 20.4 Å². The molecule has 2 amide bonds. The van der Waals surface area contributed by atoms with Crippen LogP contribution in [0.25, 0.3) is 0 Å². The minimum atomic E-state index is -3.97. The standard InChI is InChI=1S/C13H12ClF2N5O7S2/c1-26-12-18-9(13(14,15)16)17-10(20-12)19-11(22)21-28-29(23)8-6-4-3-5-7(8)27-30(2,24)25/h3-6H,1-2H3,(H2,17,18,19,20,21,22). The van der Waals surface area contributed by atoms with Gasteiger partial charge in [-0.05, 0) is 23.7 Å². The number of benzene rings is 1. The van der Waals surface area contributed by atoms with Gasteiger partial charge in [0.15, 0.2) is 5.75 Å². The van der Waals surface area contributed by atoms with Gasteiger partial charge in [0.25, 0.3) is 0 Å². The summed E-state index contributed by atoms with van der Waals surface area (Å²) in [5, 5.41) is -2.05. The zero-order valence-electron chi connectivity index (χ0n) is 15.0. The van der Waals surface area contributed by atoms with Gasteiger partial charge in [-0.15, -0.1) is 0 Å². The first-order valence-electron chi connectivity index (χ1n) is 7.41. The third kappa shape index (κ3) is 6.97. The van der Waals surface area contributed by atoms with Crippen molar-refractivity contribution in [2.75, 3.05) is 18.7 Å². The summed E-state index contributed by atoms with van der Waals surface area (Å²) in [6, 6.07) is 3.48. The van der Waals surface area contributed by atoms with Gasteiger partial charge in [0, 0.05) is 0 Å². The first-order valence-corrected chi connectivity index (χ1v) is 10.7. The van der Waals surface area contributed by atoms with Crippen LogP contribution in [0.15, 0.2) is 29.2 Å². The number of urea groups is 1. The van der Waals surface area contributed by atoms with Gasteiger partial charge in [0.05, 0.1) is 13.4 Å². The Morgan fingerprint density at radius 2 is 1.90 bits per heavy atom. The Kier molecular flexibility index (Phi) is 7.40. The summed E-state index contributed by atoms with van der Waals surface area (Å²) in [5.74, 6) is -2.16. The van der Waals surface area contributed by atoms with Crippen LogP contribution in [-0.2, 0) is 30.9 Å². The number of hydrogen-bond acceptors (Lipinski definition) is 10. The molecule has 17 heteroatoms. The molecule has 1 aromatic carbocycles. The third-order valence-electron chi connectivity index (χ3n) is 2.76. The van der Waals surface area contributed by atoms with E-state index in [-0.39, 0.29) is 10.6 Å². The van der Waals surface area contributed by atoms with Crippen LogP contribution in [0, 0.1) is 0 Å². The minimum absolute atomic E-state index is 0.214. The van der Waals surface area contributed by atoms with Gasteiger partial charge < -0.3 is 8.92 Å². The number of carbonyl (C=O) groups excluding carboxylic acids is 1.